The number of nitrogens with zero attached hydrogens (tertiary/aromatic N) is 7. The molecule has 32 heavy (non-hydrogen) atoms. The van der Waals surface area contributed by atoms with Gasteiger partial charge in [-0.05, 0) is 43.5 Å². The number of aromatic amines is 1. The summed E-state index contributed by atoms with van der Waals surface area (Å²) in [6.45, 7) is 1.92. The van der Waals surface area contributed by atoms with Crippen LogP contribution in [0.15, 0.2) is 47.5 Å². The summed E-state index contributed by atoms with van der Waals surface area (Å²) in [5.41, 5.74) is 1.48. The minimum absolute atomic E-state index is 0.00592. The summed E-state index contributed by atoms with van der Waals surface area (Å²) in [5.74, 6) is 1.38. The number of rotatable bonds is 4. The smallest absolute Gasteiger partial charge is 0.263 e. The van der Waals surface area contributed by atoms with Gasteiger partial charge in [0.15, 0.2) is 11.3 Å². The molecule has 1 fully saturated rings. The van der Waals surface area contributed by atoms with Crippen molar-refractivity contribution in [2.75, 3.05) is 0 Å². The fourth-order valence-electron chi connectivity index (χ4n) is 4.20. The summed E-state index contributed by atoms with van der Waals surface area (Å²) in [6, 6.07) is 12.7. The number of hydrogen-bond acceptors (Lipinski definition) is 7. The van der Waals surface area contributed by atoms with Crippen LogP contribution in [0.1, 0.15) is 66.1 Å². The van der Waals surface area contributed by atoms with E-state index < -0.39 is 0 Å². The summed E-state index contributed by atoms with van der Waals surface area (Å²) < 4.78 is 1.61. The molecule has 9 heteroatoms. The van der Waals surface area contributed by atoms with Crippen LogP contribution in [0.4, 0.5) is 0 Å². The van der Waals surface area contributed by atoms with Crippen LogP contribution in [-0.4, -0.2) is 29.7 Å². The van der Waals surface area contributed by atoms with Gasteiger partial charge in [0, 0.05) is 24.2 Å². The molecule has 1 aliphatic carbocycles. The van der Waals surface area contributed by atoms with Crippen molar-refractivity contribution in [2.24, 2.45) is 0 Å². The van der Waals surface area contributed by atoms with Gasteiger partial charge >= 0.3 is 0 Å². The summed E-state index contributed by atoms with van der Waals surface area (Å²) >= 11 is 0. The van der Waals surface area contributed by atoms with Gasteiger partial charge in [0.25, 0.3) is 5.56 Å². The van der Waals surface area contributed by atoms with Crippen LogP contribution in [0.3, 0.4) is 0 Å². The number of hydrogen-bond donors (Lipinski definition) is 1. The van der Waals surface area contributed by atoms with Gasteiger partial charge in [-0.2, -0.15) is 15.6 Å². The van der Waals surface area contributed by atoms with E-state index in [4.69, 9.17) is 10.2 Å². The summed E-state index contributed by atoms with van der Waals surface area (Å²) in [7, 11) is 0. The highest BCUT2D eigenvalue weighted by molar-refractivity contribution is 5.80. The van der Waals surface area contributed by atoms with Crippen LogP contribution in [-0.2, 0) is 0 Å². The van der Waals surface area contributed by atoms with Gasteiger partial charge in [-0.1, -0.05) is 12.1 Å². The lowest BCUT2D eigenvalue weighted by atomic mass is 9.72. The van der Waals surface area contributed by atoms with Crippen LogP contribution in [0.2, 0.25) is 0 Å². The molecule has 0 spiro atoms. The zero-order valence-electron chi connectivity index (χ0n) is 17.2. The third kappa shape index (κ3) is 3.12. The largest absolute Gasteiger partial charge is 0.310 e. The first-order valence-corrected chi connectivity index (χ1v) is 10.3. The van der Waals surface area contributed by atoms with Crippen LogP contribution >= 0.6 is 0 Å². The predicted octanol–water partition coefficient (Wildman–Crippen LogP) is 2.92. The summed E-state index contributed by atoms with van der Waals surface area (Å²) in [5, 5.41) is 23.2. The predicted molar refractivity (Wildman–Crippen MR) is 115 cm³/mol. The average Bonchev–Trinajstić information content (AvgIpc) is 3.18. The third-order valence-electron chi connectivity index (χ3n) is 6.12. The van der Waals surface area contributed by atoms with Crippen LogP contribution in [0.5, 0.6) is 0 Å². The Morgan fingerprint density at radius 3 is 2.44 bits per heavy atom. The van der Waals surface area contributed by atoms with Crippen molar-refractivity contribution in [3.63, 3.8) is 0 Å². The molecule has 1 unspecified atom stereocenters. The van der Waals surface area contributed by atoms with Gasteiger partial charge < -0.3 is 4.98 Å². The first-order valence-electron chi connectivity index (χ1n) is 10.3. The van der Waals surface area contributed by atoms with Gasteiger partial charge in [0.05, 0.1) is 17.7 Å². The van der Waals surface area contributed by atoms with Crippen molar-refractivity contribution >= 4 is 11.0 Å². The molecule has 156 valence electrons. The van der Waals surface area contributed by atoms with Crippen LogP contribution in [0.25, 0.3) is 11.0 Å². The zero-order chi connectivity index (χ0) is 22.2. The second-order valence-corrected chi connectivity index (χ2v) is 7.86. The molecule has 5 rings (SSSR count). The lowest BCUT2D eigenvalue weighted by Gasteiger charge is -2.34. The molecule has 0 radical (unpaired) electrons. The van der Waals surface area contributed by atoms with Gasteiger partial charge in [0.2, 0.25) is 0 Å². The summed E-state index contributed by atoms with van der Waals surface area (Å²) in [4.78, 5) is 29.3. The van der Waals surface area contributed by atoms with E-state index in [1.165, 1.54) is 0 Å². The highest BCUT2D eigenvalue weighted by atomic mass is 16.1. The number of fused-ring (bicyclic) bond motifs is 1. The fraction of sp³-hybridized carbons (Fsp3) is 0.261. The highest BCUT2D eigenvalue weighted by Gasteiger charge is 2.37. The summed E-state index contributed by atoms with van der Waals surface area (Å²) in [6.07, 6.45) is 5.21. The molecule has 3 heterocycles. The maximum Gasteiger partial charge on any atom is 0.263 e. The minimum Gasteiger partial charge on any atom is -0.310 e. The fourth-order valence-corrected chi connectivity index (χ4v) is 4.20. The molecule has 0 bridgehead atoms. The molecule has 0 saturated heterocycles. The lowest BCUT2D eigenvalue weighted by molar-refractivity contribution is 0.319. The average molecular weight is 422 g/mol. The van der Waals surface area contributed by atoms with Crippen molar-refractivity contribution in [3.8, 4) is 12.1 Å². The zero-order valence-corrected chi connectivity index (χ0v) is 17.2. The van der Waals surface area contributed by atoms with E-state index in [9.17, 15) is 10.1 Å². The lowest BCUT2D eigenvalue weighted by Crippen LogP contribution is -2.28. The molecule has 3 atom stereocenters. The van der Waals surface area contributed by atoms with E-state index in [2.05, 4.69) is 26.1 Å². The first-order chi connectivity index (χ1) is 15.6. The second-order valence-electron chi connectivity index (χ2n) is 7.86. The van der Waals surface area contributed by atoms with Crippen molar-refractivity contribution < 1.29 is 0 Å². The number of aromatic nitrogens is 6. The standard InChI is InChI=1S/C23H18N8O/c1-13(15-5-3-14(11-24)4-6-15)31-22-19(18(12-25)30-31)23(32)29-21(28-22)17-8-7-16(17)20-26-9-2-10-27-20/h2-6,9-10,13,16-17H,7-8H2,1H3,(H,28,29,32)/t13?,16-,17-/m0/s1. The monoisotopic (exact) mass is 422 g/mol. The minimum atomic E-state index is -0.376. The number of H-pyrrole nitrogens is 1. The van der Waals surface area contributed by atoms with Crippen LogP contribution in [0, 0.1) is 22.7 Å². The van der Waals surface area contributed by atoms with E-state index in [0.29, 0.717) is 17.0 Å². The molecule has 1 N–H and O–H groups in total. The van der Waals surface area contributed by atoms with Crippen LogP contribution < -0.4 is 5.56 Å². The Kier molecular flexibility index (Phi) is 4.72. The van der Waals surface area contributed by atoms with E-state index >= 15 is 0 Å². The molecule has 1 aromatic carbocycles. The Morgan fingerprint density at radius 2 is 1.81 bits per heavy atom. The van der Waals surface area contributed by atoms with Crippen molar-refractivity contribution in [1.29, 1.82) is 10.5 Å². The Bertz CT molecular complexity index is 1440. The molecular weight excluding hydrogens is 404 g/mol. The van der Waals surface area contributed by atoms with E-state index in [1.54, 1.807) is 35.3 Å². The molecular formula is C23H18N8O. The molecule has 1 saturated carbocycles. The molecule has 3 aromatic heterocycles. The number of benzene rings is 1. The quantitative estimate of drug-likeness (QED) is 0.534. The van der Waals surface area contributed by atoms with Gasteiger partial charge in [-0.15, -0.1) is 0 Å². The molecule has 9 nitrogen and oxygen atoms in total. The molecule has 0 aliphatic heterocycles. The Morgan fingerprint density at radius 1 is 1.09 bits per heavy atom. The van der Waals surface area contributed by atoms with E-state index in [1.807, 2.05) is 25.1 Å². The van der Waals surface area contributed by atoms with Crippen molar-refractivity contribution in [1.82, 2.24) is 29.7 Å². The van der Waals surface area contributed by atoms with Gasteiger partial charge in [0.1, 0.15) is 23.1 Å². The Hall–Kier alpha value is -4.37. The van der Waals surface area contributed by atoms with Crippen molar-refractivity contribution in [2.45, 2.75) is 37.6 Å². The first kappa shape index (κ1) is 19.6. The molecule has 0 amide bonds. The van der Waals surface area contributed by atoms with E-state index in [0.717, 1.165) is 24.2 Å². The third-order valence-corrected chi connectivity index (χ3v) is 6.12. The SMILES string of the molecule is CC(c1ccc(C#N)cc1)n1nc(C#N)c2c(=O)[nH]c([C@H]3CC[C@@H]3c3ncccn3)nc21. The normalized spacial score (nSPS) is 18.5. The number of nitrogens with one attached hydrogen (secondary N) is 1. The van der Waals surface area contributed by atoms with E-state index in [-0.39, 0.29) is 34.5 Å². The maximum absolute atomic E-state index is 13.0. The second kappa shape index (κ2) is 7.71. The maximum atomic E-state index is 13.0. The Labute approximate surface area is 183 Å². The van der Waals surface area contributed by atoms with Gasteiger partial charge in [-0.3, -0.25) is 4.79 Å². The topological polar surface area (TPSA) is 137 Å². The highest BCUT2D eigenvalue weighted by Crippen LogP contribution is 2.46. The Balaban J connectivity index is 1.60. The van der Waals surface area contributed by atoms with Gasteiger partial charge in [-0.25, -0.2) is 19.6 Å². The van der Waals surface area contributed by atoms with Crippen molar-refractivity contribution in [3.05, 3.63) is 81.5 Å². The number of nitriles is 2. The molecule has 4 aromatic rings. The molecule has 1 aliphatic rings.